The minimum absolute atomic E-state index is 0.191. The van der Waals surface area contributed by atoms with E-state index >= 15 is 0 Å². The number of amides is 1. The van der Waals surface area contributed by atoms with Crippen LogP contribution in [0.1, 0.15) is 59.5 Å². The van der Waals surface area contributed by atoms with Crippen molar-refractivity contribution in [1.29, 1.82) is 5.26 Å². The van der Waals surface area contributed by atoms with Crippen molar-refractivity contribution < 1.29 is 14.4 Å². The Balaban J connectivity index is 2.07. The number of nitriles is 1. The fourth-order valence-corrected chi connectivity index (χ4v) is 3.77. The molecule has 1 aromatic carbocycles. The first-order chi connectivity index (χ1) is 14.8. The smallest absolute Gasteiger partial charge is 0.296 e. The lowest BCUT2D eigenvalue weighted by Crippen LogP contribution is -2.29. The molecule has 160 valence electrons. The van der Waals surface area contributed by atoms with Gasteiger partial charge in [-0.05, 0) is 30.0 Å². The summed E-state index contributed by atoms with van der Waals surface area (Å²) in [4.78, 5) is 29.6. The van der Waals surface area contributed by atoms with Gasteiger partial charge in [-0.25, -0.2) is 4.98 Å². The zero-order valence-corrected chi connectivity index (χ0v) is 17.8. The maximum absolute atomic E-state index is 12.6. The highest BCUT2D eigenvalue weighted by Crippen LogP contribution is 2.37. The normalized spacial score (nSPS) is 12.7. The topological polar surface area (TPSA) is 134 Å². The van der Waals surface area contributed by atoms with Crippen molar-refractivity contribution in [1.82, 2.24) is 14.7 Å². The average molecular weight is 442 g/mol. The van der Waals surface area contributed by atoms with Gasteiger partial charge in [0.25, 0.3) is 11.5 Å². The molecule has 0 aliphatic rings. The Morgan fingerprint density at radius 1 is 1.45 bits per heavy atom. The van der Waals surface area contributed by atoms with E-state index in [0.717, 1.165) is 5.56 Å². The van der Waals surface area contributed by atoms with Crippen LogP contribution in [-0.2, 0) is 7.05 Å². The molecule has 0 saturated heterocycles. The molecule has 0 aliphatic heterocycles. The maximum Gasteiger partial charge on any atom is 0.296 e. The lowest BCUT2D eigenvalue weighted by atomic mass is 9.82. The summed E-state index contributed by atoms with van der Waals surface area (Å²) in [6.07, 6.45) is 3.11. The standard InChI is InChI=1S/C21H20ClN5O4/c1-4-15(16-6-5-13(22)7-12(16)8-23)11(2)19-26-17(18(28)21(30)27(19)3)20(29)25-14-9-24-31-10-14/h5-7,9-11,15,28H,4H2,1-3H3,(H,25,29)/t11-,15-/m0/s1. The lowest BCUT2D eigenvalue weighted by molar-refractivity contribution is 0.101. The first kappa shape index (κ1) is 22.1. The molecule has 0 aliphatic carbocycles. The van der Waals surface area contributed by atoms with Crippen LogP contribution in [0.5, 0.6) is 5.75 Å². The Hall–Kier alpha value is -3.64. The molecule has 3 rings (SSSR count). The minimum atomic E-state index is -0.774. The summed E-state index contributed by atoms with van der Waals surface area (Å²) in [5.74, 6) is -1.79. The van der Waals surface area contributed by atoms with Crippen molar-refractivity contribution in [3.8, 4) is 11.8 Å². The van der Waals surface area contributed by atoms with Gasteiger partial charge in [-0.15, -0.1) is 0 Å². The van der Waals surface area contributed by atoms with Gasteiger partial charge in [0.15, 0.2) is 5.69 Å². The Morgan fingerprint density at radius 2 is 2.19 bits per heavy atom. The van der Waals surface area contributed by atoms with E-state index in [1.807, 2.05) is 13.8 Å². The van der Waals surface area contributed by atoms with E-state index in [1.165, 1.54) is 24.1 Å². The molecular weight excluding hydrogens is 422 g/mol. The molecule has 0 saturated carbocycles. The number of aromatic nitrogens is 3. The van der Waals surface area contributed by atoms with Gasteiger partial charge in [-0.3, -0.25) is 14.2 Å². The van der Waals surface area contributed by atoms with Gasteiger partial charge in [0.2, 0.25) is 5.75 Å². The van der Waals surface area contributed by atoms with E-state index in [2.05, 4.69) is 26.0 Å². The molecule has 0 unspecified atom stereocenters. The van der Waals surface area contributed by atoms with Gasteiger partial charge in [-0.1, -0.05) is 36.7 Å². The maximum atomic E-state index is 12.6. The van der Waals surface area contributed by atoms with Crippen LogP contribution in [0, 0.1) is 11.3 Å². The van der Waals surface area contributed by atoms with Gasteiger partial charge in [0, 0.05) is 18.0 Å². The van der Waals surface area contributed by atoms with Crippen LogP contribution in [0.25, 0.3) is 0 Å². The summed E-state index contributed by atoms with van der Waals surface area (Å²) >= 11 is 6.03. The molecule has 1 amide bonds. The van der Waals surface area contributed by atoms with Crippen molar-refractivity contribution in [2.75, 3.05) is 5.32 Å². The minimum Gasteiger partial charge on any atom is -0.501 e. The molecule has 0 bridgehead atoms. The number of hydrogen-bond acceptors (Lipinski definition) is 7. The molecule has 2 aromatic heterocycles. The molecule has 0 radical (unpaired) electrons. The van der Waals surface area contributed by atoms with Crippen molar-refractivity contribution in [2.24, 2.45) is 7.05 Å². The molecule has 2 atom stereocenters. The van der Waals surface area contributed by atoms with Gasteiger partial charge >= 0.3 is 0 Å². The van der Waals surface area contributed by atoms with E-state index < -0.39 is 22.9 Å². The van der Waals surface area contributed by atoms with Crippen LogP contribution < -0.4 is 10.9 Å². The van der Waals surface area contributed by atoms with E-state index in [9.17, 15) is 20.0 Å². The van der Waals surface area contributed by atoms with Crippen molar-refractivity contribution in [3.05, 3.63) is 68.7 Å². The van der Waals surface area contributed by atoms with Gasteiger partial charge in [0.05, 0.1) is 17.8 Å². The van der Waals surface area contributed by atoms with Gasteiger partial charge < -0.3 is 14.9 Å². The third-order valence-corrected chi connectivity index (χ3v) is 5.43. The molecule has 31 heavy (non-hydrogen) atoms. The summed E-state index contributed by atoms with van der Waals surface area (Å²) in [6.45, 7) is 3.80. The summed E-state index contributed by atoms with van der Waals surface area (Å²) in [6, 6.07) is 7.23. The number of carbonyl (C=O) groups excluding carboxylic acids is 1. The molecule has 0 fully saturated rings. The Bertz CT molecular complexity index is 1210. The number of hydrogen-bond donors (Lipinski definition) is 2. The molecule has 3 aromatic rings. The molecule has 2 heterocycles. The van der Waals surface area contributed by atoms with Crippen LogP contribution in [0.3, 0.4) is 0 Å². The first-order valence-corrected chi connectivity index (χ1v) is 9.86. The Morgan fingerprint density at radius 3 is 2.81 bits per heavy atom. The third kappa shape index (κ3) is 4.29. The van der Waals surface area contributed by atoms with Crippen molar-refractivity contribution >= 4 is 23.2 Å². The van der Waals surface area contributed by atoms with Crippen LogP contribution in [0.2, 0.25) is 5.02 Å². The van der Waals surface area contributed by atoms with E-state index in [4.69, 9.17) is 11.6 Å². The molecular formula is C21H20ClN5O4. The largest absolute Gasteiger partial charge is 0.501 e. The van der Waals surface area contributed by atoms with Crippen LogP contribution >= 0.6 is 11.6 Å². The second-order valence-electron chi connectivity index (χ2n) is 7.05. The van der Waals surface area contributed by atoms with E-state index in [0.29, 0.717) is 22.8 Å². The number of halogens is 1. The van der Waals surface area contributed by atoms with E-state index in [1.54, 1.807) is 18.2 Å². The number of aromatic hydroxyl groups is 1. The number of anilines is 1. The number of nitrogens with one attached hydrogen (secondary N) is 1. The second kappa shape index (κ2) is 9.02. The van der Waals surface area contributed by atoms with Crippen molar-refractivity contribution in [3.63, 3.8) is 0 Å². The lowest BCUT2D eigenvalue weighted by Gasteiger charge is -2.25. The highest BCUT2D eigenvalue weighted by Gasteiger charge is 2.28. The third-order valence-electron chi connectivity index (χ3n) is 5.19. The number of carbonyl (C=O) groups is 1. The fraction of sp³-hybridized carbons (Fsp3) is 0.286. The number of nitrogens with zero attached hydrogens (tertiary/aromatic N) is 4. The number of rotatable bonds is 6. The van der Waals surface area contributed by atoms with Gasteiger partial charge in [-0.2, -0.15) is 5.26 Å². The van der Waals surface area contributed by atoms with Crippen LogP contribution in [-0.4, -0.2) is 25.7 Å². The summed E-state index contributed by atoms with van der Waals surface area (Å²) < 4.78 is 5.87. The number of benzene rings is 1. The summed E-state index contributed by atoms with van der Waals surface area (Å²) in [5, 5.41) is 26.2. The second-order valence-corrected chi connectivity index (χ2v) is 7.48. The average Bonchev–Trinajstić information content (AvgIpc) is 3.26. The molecule has 9 nitrogen and oxygen atoms in total. The quantitative estimate of drug-likeness (QED) is 0.597. The zero-order chi connectivity index (χ0) is 22.7. The molecule has 10 heteroatoms. The highest BCUT2D eigenvalue weighted by atomic mass is 35.5. The van der Waals surface area contributed by atoms with Crippen LogP contribution in [0.15, 0.2) is 40.0 Å². The highest BCUT2D eigenvalue weighted by molar-refractivity contribution is 6.30. The SMILES string of the molecule is CC[C@H](c1ccc(Cl)cc1C#N)[C@H](C)c1nc(C(=O)Nc2cnoc2)c(O)c(=O)n1C. The molecule has 2 N–H and O–H groups in total. The summed E-state index contributed by atoms with van der Waals surface area (Å²) in [5.41, 5.74) is 0.296. The molecule has 0 spiro atoms. The van der Waals surface area contributed by atoms with Crippen LogP contribution in [0.4, 0.5) is 5.69 Å². The Kier molecular flexibility index (Phi) is 6.42. The summed E-state index contributed by atoms with van der Waals surface area (Å²) in [7, 11) is 1.47. The predicted octanol–water partition coefficient (Wildman–Crippen LogP) is 3.55. The van der Waals surface area contributed by atoms with Crippen molar-refractivity contribution in [2.45, 2.75) is 32.1 Å². The Labute approximate surface area is 182 Å². The fourth-order valence-electron chi connectivity index (χ4n) is 3.60. The van der Waals surface area contributed by atoms with E-state index in [-0.39, 0.29) is 17.5 Å². The monoisotopic (exact) mass is 441 g/mol. The first-order valence-electron chi connectivity index (χ1n) is 9.48. The predicted molar refractivity (Wildman–Crippen MR) is 113 cm³/mol. The van der Waals surface area contributed by atoms with Gasteiger partial charge in [0.1, 0.15) is 17.8 Å². The zero-order valence-electron chi connectivity index (χ0n) is 17.1.